The second-order valence-corrected chi connectivity index (χ2v) is 5.73. The Morgan fingerprint density at radius 3 is 2.48 bits per heavy atom. The molecule has 122 valence electrons. The fourth-order valence-corrected chi connectivity index (χ4v) is 2.55. The molecule has 1 aromatic carbocycles. The van der Waals surface area contributed by atoms with Crippen LogP contribution in [0.3, 0.4) is 0 Å². The number of aliphatic carboxylic acids is 1. The van der Waals surface area contributed by atoms with Crippen LogP contribution < -0.4 is 5.32 Å². The summed E-state index contributed by atoms with van der Waals surface area (Å²) in [5.74, 6) is -1.49. The Hall–Kier alpha value is -2.34. The van der Waals surface area contributed by atoms with Gasteiger partial charge in [0.25, 0.3) is 0 Å². The van der Waals surface area contributed by atoms with Gasteiger partial charge < -0.3 is 15.0 Å². The SMILES string of the molecule is CCC(NC(=O)Cc1cncn1C)(C(=O)O)c1ccc(Cl)cc1. The standard InChI is InChI=1S/C16H18ClN3O3/c1-3-16(15(22)23,11-4-6-12(17)7-5-11)19-14(21)8-13-9-18-10-20(13)2/h4-7,9-10H,3,8H2,1-2H3,(H,19,21)(H,22,23). The molecule has 0 aliphatic heterocycles. The zero-order valence-corrected chi connectivity index (χ0v) is 13.7. The first kappa shape index (κ1) is 17.0. The number of amides is 1. The number of hydrogen-bond donors (Lipinski definition) is 2. The number of imidazole rings is 1. The fraction of sp³-hybridized carbons (Fsp3) is 0.312. The molecule has 1 aromatic heterocycles. The molecule has 0 saturated carbocycles. The molecular weight excluding hydrogens is 318 g/mol. The van der Waals surface area contributed by atoms with Gasteiger partial charge in [0.2, 0.25) is 5.91 Å². The third-order valence-corrected chi connectivity index (χ3v) is 4.10. The Kier molecular flexibility index (Phi) is 5.05. The molecule has 2 aromatic rings. The van der Waals surface area contributed by atoms with Crippen molar-refractivity contribution in [3.63, 3.8) is 0 Å². The van der Waals surface area contributed by atoms with Crippen molar-refractivity contribution in [1.29, 1.82) is 0 Å². The van der Waals surface area contributed by atoms with Gasteiger partial charge in [0.05, 0.1) is 12.7 Å². The molecule has 0 saturated heterocycles. The number of rotatable bonds is 6. The van der Waals surface area contributed by atoms with E-state index in [4.69, 9.17) is 11.6 Å². The summed E-state index contributed by atoms with van der Waals surface area (Å²) in [6.07, 6.45) is 3.43. The molecule has 6 nitrogen and oxygen atoms in total. The van der Waals surface area contributed by atoms with E-state index >= 15 is 0 Å². The summed E-state index contributed by atoms with van der Waals surface area (Å²) in [6.45, 7) is 1.72. The number of carboxylic acid groups (broad SMARTS) is 1. The predicted octanol–water partition coefficient (Wildman–Crippen LogP) is 2.12. The van der Waals surface area contributed by atoms with Gasteiger partial charge in [0.15, 0.2) is 5.54 Å². The zero-order chi connectivity index (χ0) is 17.0. The molecule has 1 amide bonds. The maximum atomic E-state index is 12.3. The summed E-state index contributed by atoms with van der Waals surface area (Å²) in [4.78, 5) is 28.2. The largest absolute Gasteiger partial charge is 0.479 e. The van der Waals surface area contributed by atoms with E-state index in [9.17, 15) is 14.7 Å². The molecule has 0 aliphatic rings. The fourth-order valence-electron chi connectivity index (χ4n) is 2.43. The molecule has 0 fully saturated rings. The number of aryl methyl sites for hydroxylation is 1. The normalized spacial score (nSPS) is 13.3. The summed E-state index contributed by atoms with van der Waals surface area (Å²) >= 11 is 5.86. The Labute approximate surface area is 139 Å². The van der Waals surface area contributed by atoms with Crippen molar-refractivity contribution in [2.45, 2.75) is 25.3 Å². The van der Waals surface area contributed by atoms with Crippen LogP contribution in [0.5, 0.6) is 0 Å². The van der Waals surface area contributed by atoms with Crippen LogP contribution in [0, 0.1) is 0 Å². The number of carbonyl (C=O) groups excluding carboxylic acids is 1. The van der Waals surface area contributed by atoms with E-state index in [1.165, 1.54) is 0 Å². The van der Waals surface area contributed by atoms with Crippen molar-refractivity contribution in [1.82, 2.24) is 14.9 Å². The van der Waals surface area contributed by atoms with Gasteiger partial charge in [-0.25, -0.2) is 9.78 Å². The molecule has 0 aliphatic carbocycles. The van der Waals surface area contributed by atoms with Gasteiger partial charge in [-0.3, -0.25) is 4.79 Å². The van der Waals surface area contributed by atoms with Crippen LogP contribution in [0.4, 0.5) is 0 Å². The number of aromatic nitrogens is 2. The van der Waals surface area contributed by atoms with E-state index in [1.54, 1.807) is 55.3 Å². The lowest BCUT2D eigenvalue weighted by Gasteiger charge is -2.30. The lowest BCUT2D eigenvalue weighted by atomic mass is 9.87. The van der Waals surface area contributed by atoms with Gasteiger partial charge in [-0.05, 0) is 24.1 Å². The molecule has 2 rings (SSSR count). The number of carbonyl (C=O) groups is 2. The summed E-state index contributed by atoms with van der Waals surface area (Å²) in [7, 11) is 1.78. The lowest BCUT2D eigenvalue weighted by molar-refractivity contribution is -0.148. The van der Waals surface area contributed by atoms with Crippen molar-refractivity contribution >= 4 is 23.5 Å². The van der Waals surface area contributed by atoms with Crippen molar-refractivity contribution in [3.8, 4) is 0 Å². The Morgan fingerprint density at radius 2 is 2.00 bits per heavy atom. The summed E-state index contributed by atoms with van der Waals surface area (Å²) in [6, 6.07) is 6.45. The quantitative estimate of drug-likeness (QED) is 0.847. The van der Waals surface area contributed by atoms with Gasteiger partial charge >= 0.3 is 5.97 Å². The zero-order valence-electron chi connectivity index (χ0n) is 12.9. The second-order valence-electron chi connectivity index (χ2n) is 5.29. The first-order chi connectivity index (χ1) is 10.9. The average molecular weight is 336 g/mol. The van der Waals surface area contributed by atoms with Crippen molar-refractivity contribution < 1.29 is 14.7 Å². The third kappa shape index (κ3) is 3.53. The van der Waals surface area contributed by atoms with Crippen molar-refractivity contribution in [2.24, 2.45) is 7.05 Å². The van der Waals surface area contributed by atoms with Gasteiger partial charge in [0, 0.05) is 24.0 Å². The van der Waals surface area contributed by atoms with Crippen LogP contribution in [-0.2, 0) is 28.6 Å². The number of hydrogen-bond acceptors (Lipinski definition) is 3. The molecule has 2 N–H and O–H groups in total. The topological polar surface area (TPSA) is 84.2 Å². The minimum Gasteiger partial charge on any atom is -0.479 e. The molecule has 1 atom stereocenters. The molecule has 0 spiro atoms. The highest BCUT2D eigenvalue weighted by Crippen LogP contribution is 2.27. The van der Waals surface area contributed by atoms with E-state index in [2.05, 4.69) is 10.3 Å². The van der Waals surface area contributed by atoms with Crippen molar-refractivity contribution in [2.75, 3.05) is 0 Å². The smallest absolute Gasteiger partial charge is 0.334 e. The number of halogens is 1. The highest BCUT2D eigenvalue weighted by molar-refractivity contribution is 6.30. The van der Waals surface area contributed by atoms with Crippen LogP contribution in [0.1, 0.15) is 24.6 Å². The van der Waals surface area contributed by atoms with Gasteiger partial charge in [0.1, 0.15) is 0 Å². The van der Waals surface area contributed by atoms with Gasteiger partial charge in [-0.15, -0.1) is 0 Å². The molecule has 0 radical (unpaired) electrons. The van der Waals surface area contributed by atoms with E-state index in [0.717, 1.165) is 0 Å². The predicted molar refractivity (Wildman–Crippen MR) is 86.1 cm³/mol. The third-order valence-electron chi connectivity index (χ3n) is 3.84. The summed E-state index contributed by atoms with van der Waals surface area (Å²) < 4.78 is 1.72. The molecule has 1 heterocycles. The van der Waals surface area contributed by atoms with Crippen LogP contribution in [0.25, 0.3) is 0 Å². The van der Waals surface area contributed by atoms with Crippen molar-refractivity contribution in [3.05, 3.63) is 53.1 Å². The van der Waals surface area contributed by atoms with Crippen LogP contribution in [0.2, 0.25) is 5.02 Å². The van der Waals surface area contributed by atoms with E-state index in [0.29, 0.717) is 16.3 Å². The summed E-state index contributed by atoms with van der Waals surface area (Å²) in [5.41, 5.74) is -0.301. The van der Waals surface area contributed by atoms with E-state index < -0.39 is 11.5 Å². The first-order valence-electron chi connectivity index (χ1n) is 7.14. The number of benzene rings is 1. The maximum Gasteiger partial charge on any atom is 0.334 e. The van der Waals surface area contributed by atoms with Gasteiger partial charge in [-0.1, -0.05) is 30.7 Å². The highest BCUT2D eigenvalue weighted by Gasteiger charge is 2.40. The van der Waals surface area contributed by atoms with Crippen LogP contribution in [-0.4, -0.2) is 26.5 Å². The maximum absolute atomic E-state index is 12.3. The second kappa shape index (κ2) is 6.83. The number of nitrogens with zero attached hydrogens (tertiary/aromatic N) is 2. The molecule has 0 bridgehead atoms. The molecule has 1 unspecified atom stereocenters. The molecule has 7 heteroatoms. The number of nitrogens with one attached hydrogen (secondary N) is 1. The minimum atomic E-state index is -1.49. The van der Waals surface area contributed by atoms with E-state index in [-0.39, 0.29) is 18.7 Å². The molecular formula is C16H18ClN3O3. The lowest BCUT2D eigenvalue weighted by Crippen LogP contribution is -2.52. The first-order valence-corrected chi connectivity index (χ1v) is 7.52. The Bertz CT molecular complexity index is 712. The minimum absolute atomic E-state index is 0.0547. The van der Waals surface area contributed by atoms with Crippen LogP contribution in [0.15, 0.2) is 36.8 Å². The average Bonchev–Trinajstić information content (AvgIpc) is 2.90. The van der Waals surface area contributed by atoms with E-state index in [1.807, 2.05) is 0 Å². The monoisotopic (exact) mass is 335 g/mol. The Morgan fingerprint density at radius 1 is 1.35 bits per heavy atom. The number of carboxylic acids is 1. The Balaban J connectivity index is 2.28. The summed E-state index contributed by atoms with van der Waals surface area (Å²) in [5, 5.41) is 12.9. The van der Waals surface area contributed by atoms with Gasteiger partial charge in [-0.2, -0.15) is 0 Å². The van der Waals surface area contributed by atoms with Crippen LogP contribution >= 0.6 is 11.6 Å². The molecule has 23 heavy (non-hydrogen) atoms. The highest BCUT2D eigenvalue weighted by atomic mass is 35.5.